The molecule has 2 aromatic rings. The molecule has 2 aromatic heterocycles. The van der Waals surface area contributed by atoms with E-state index in [2.05, 4.69) is 27.6 Å². The molecule has 1 N–H and O–H groups in total. The number of carboxylic acid groups (broad SMARTS) is 1. The van der Waals surface area contributed by atoms with E-state index in [1.54, 1.807) is 19.3 Å². The average Bonchev–Trinajstić information content (AvgIpc) is 2.22. The topological polar surface area (TPSA) is 72.2 Å². The van der Waals surface area contributed by atoms with Gasteiger partial charge in [0.25, 0.3) is 5.56 Å². The second-order valence-electron chi connectivity index (χ2n) is 3.25. The molecular weight excluding hydrogens is 323 g/mol. The largest absolute Gasteiger partial charge is 0.477 e. The summed E-state index contributed by atoms with van der Waals surface area (Å²) in [6, 6.07) is 3.07. The summed E-state index contributed by atoms with van der Waals surface area (Å²) in [5.74, 6) is -1.23. The second kappa shape index (κ2) is 3.85. The molecule has 0 aliphatic carbocycles. The summed E-state index contributed by atoms with van der Waals surface area (Å²) in [5.41, 5.74) is 0.375. The molecule has 0 amide bonds. The number of carboxylic acids is 1. The van der Waals surface area contributed by atoms with Crippen LogP contribution < -0.4 is 5.56 Å². The summed E-state index contributed by atoms with van der Waals surface area (Å²) in [6.07, 6.45) is 1.58. The molecule has 2 heterocycles. The Morgan fingerprint density at radius 2 is 2.25 bits per heavy atom. The number of aryl methyl sites for hydroxylation is 1. The number of pyridine rings is 2. The number of aromatic carboxylic acids is 1. The van der Waals surface area contributed by atoms with Gasteiger partial charge in [0.1, 0.15) is 5.56 Å². The third-order valence-corrected chi connectivity index (χ3v) is 3.16. The van der Waals surface area contributed by atoms with Gasteiger partial charge in [-0.3, -0.25) is 9.78 Å². The van der Waals surface area contributed by atoms with Gasteiger partial charge in [0.2, 0.25) is 0 Å². The van der Waals surface area contributed by atoms with Crippen molar-refractivity contribution in [2.75, 3.05) is 0 Å². The van der Waals surface area contributed by atoms with E-state index in [0.29, 0.717) is 11.0 Å². The summed E-state index contributed by atoms with van der Waals surface area (Å²) in [4.78, 5) is 26.6. The van der Waals surface area contributed by atoms with Crippen LogP contribution in [0.5, 0.6) is 0 Å². The van der Waals surface area contributed by atoms with Gasteiger partial charge in [-0.25, -0.2) is 4.79 Å². The van der Waals surface area contributed by atoms with Crippen molar-refractivity contribution < 1.29 is 9.90 Å². The molecular formula is C10H7IN2O3. The standard InChI is InChI=1S/C10H7IN2O3/c1-13-8-6(11)2-3-12-7(8)4-5(9(13)14)10(15)16/h2-4H,1H3,(H,15,16). The fraction of sp³-hybridized carbons (Fsp3) is 0.100. The first kappa shape index (κ1) is 11.1. The number of aromatic nitrogens is 2. The predicted octanol–water partition coefficient (Wildman–Crippen LogP) is 1.24. The Morgan fingerprint density at radius 1 is 1.56 bits per heavy atom. The molecule has 6 heteroatoms. The quantitative estimate of drug-likeness (QED) is 0.799. The third kappa shape index (κ3) is 1.58. The van der Waals surface area contributed by atoms with E-state index in [1.807, 2.05) is 0 Å². The molecule has 0 aliphatic rings. The lowest BCUT2D eigenvalue weighted by Crippen LogP contribution is -2.25. The molecule has 0 saturated heterocycles. The Balaban J connectivity index is 3.00. The normalized spacial score (nSPS) is 10.6. The first-order valence-corrected chi connectivity index (χ1v) is 5.48. The highest BCUT2D eigenvalue weighted by Gasteiger charge is 2.14. The molecule has 0 atom stereocenters. The van der Waals surface area contributed by atoms with Crippen molar-refractivity contribution in [3.63, 3.8) is 0 Å². The molecule has 0 radical (unpaired) electrons. The van der Waals surface area contributed by atoms with E-state index < -0.39 is 11.5 Å². The monoisotopic (exact) mass is 330 g/mol. The van der Waals surface area contributed by atoms with Gasteiger partial charge < -0.3 is 9.67 Å². The van der Waals surface area contributed by atoms with Crippen molar-refractivity contribution in [2.24, 2.45) is 7.05 Å². The molecule has 0 unspecified atom stereocenters. The van der Waals surface area contributed by atoms with Crippen LogP contribution in [0.4, 0.5) is 0 Å². The van der Waals surface area contributed by atoms with Crippen molar-refractivity contribution in [1.29, 1.82) is 0 Å². The van der Waals surface area contributed by atoms with E-state index in [9.17, 15) is 9.59 Å². The summed E-state index contributed by atoms with van der Waals surface area (Å²) in [7, 11) is 1.54. The lowest BCUT2D eigenvalue weighted by molar-refractivity contribution is 0.0694. The molecule has 5 nitrogen and oxygen atoms in total. The Labute approximate surface area is 104 Å². The molecule has 0 aliphatic heterocycles. The number of carbonyl (C=O) groups is 1. The van der Waals surface area contributed by atoms with E-state index in [1.165, 1.54) is 10.6 Å². The first-order chi connectivity index (χ1) is 7.52. The van der Waals surface area contributed by atoms with E-state index >= 15 is 0 Å². The zero-order chi connectivity index (χ0) is 11.9. The Kier molecular flexibility index (Phi) is 2.66. The van der Waals surface area contributed by atoms with E-state index in [0.717, 1.165) is 3.57 Å². The zero-order valence-electron chi connectivity index (χ0n) is 8.27. The van der Waals surface area contributed by atoms with Gasteiger partial charge in [-0.1, -0.05) is 0 Å². The van der Waals surface area contributed by atoms with Crippen LogP contribution >= 0.6 is 22.6 Å². The molecule has 0 bridgehead atoms. The van der Waals surface area contributed by atoms with E-state index in [4.69, 9.17) is 5.11 Å². The lowest BCUT2D eigenvalue weighted by atomic mass is 10.2. The predicted molar refractivity (Wildman–Crippen MR) is 66.7 cm³/mol. The number of hydrogen-bond acceptors (Lipinski definition) is 3. The molecule has 82 valence electrons. The fourth-order valence-corrected chi connectivity index (χ4v) is 2.32. The molecule has 0 aromatic carbocycles. The number of fused-ring (bicyclic) bond motifs is 1. The van der Waals surface area contributed by atoms with Gasteiger partial charge in [0.05, 0.1) is 11.0 Å². The van der Waals surface area contributed by atoms with Crippen LogP contribution in [0.1, 0.15) is 10.4 Å². The average molecular weight is 330 g/mol. The third-order valence-electron chi connectivity index (χ3n) is 2.29. The minimum absolute atomic E-state index is 0.260. The summed E-state index contributed by atoms with van der Waals surface area (Å²) in [5, 5.41) is 8.88. The zero-order valence-corrected chi connectivity index (χ0v) is 10.4. The van der Waals surface area contributed by atoms with Gasteiger partial charge >= 0.3 is 5.97 Å². The SMILES string of the molecule is Cn1c(=O)c(C(=O)O)cc2nccc(I)c21. The van der Waals surface area contributed by atoms with Crippen molar-refractivity contribution in [1.82, 2.24) is 9.55 Å². The first-order valence-electron chi connectivity index (χ1n) is 4.40. The summed E-state index contributed by atoms with van der Waals surface area (Å²) >= 11 is 2.08. The van der Waals surface area contributed by atoms with E-state index in [-0.39, 0.29) is 5.56 Å². The minimum atomic E-state index is -1.23. The van der Waals surface area contributed by atoms with Crippen LogP contribution in [0, 0.1) is 3.57 Å². The lowest BCUT2D eigenvalue weighted by Gasteiger charge is -2.07. The van der Waals surface area contributed by atoms with Crippen molar-refractivity contribution >= 4 is 39.6 Å². The molecule has 0 spiro atoms. The van der Waals surface area contributed by atoms with Crippen LogP contribution in [0.25, 0.3) is 11.0 Å². The van der Waals surface area contributed by atoms with Gasteiger partial charge in [0.15, 0.2) is 0 Å². The highest BCUT2D eigenvalue weighted by molar-refractivity contribution is 14.1. The number of rotatable bonds is 1. The second-order valence-corrected chi connectivity index (χ2v) is 4.42. The summed E-state index contributed by atoms with van der Waals surface area (Å²) in [6.45, 7) is 0. The fourth-order valence-electron chi connectivity index (χ4n) is 1.52. The van der Waals surface area contributed by atoms with Crippen LogP contribution in [-0.4, -0.2) is 20.6 Å². The van der Waals surface area contributed by atoms with Crippen molar-refractivity contribution in [2.45, 2.75) is 0 Å². The smallest absolute Gasteiger partial charge is 0.341 e. The number of hydrogen-bond donors (Lipinski definition) is 1. The number of nitrogens with zero attached hydrogens (tertiary/aromatic N) is 2. The Morgan fingerprint density at radius 3 is 2.88 bits per heavy atom. The molecule has 2 rings (SSSR count). The summed E-state index contributed by atoms with van der Waals surface area (Å²) < 4.78 is 2.17. The Bertz CT molecular complexity index is 648. The van der Waals surface area contributed by atoms with Crippen molar-refractivity contribution in [3.8, 4) is 0 Å². The Hall–Kier alpha value is -1.44. The van der Waals surface area contributed by atoms with Gasteiger partial charge in [-0.2, -0.15) is 0 Å². The maximum absolute atomic E-state index is 11.7. The van der Waals surface area contributed by atoms with Gasteiger partial charge in [-0.15, -0.1) is 0 Å². The molecule has 0 fully saturated rings. The van der Waals surface area contributed by atoms with Gasteiger partial charge in [0, 0.05) is 16.8 Å². The maximum Gasteiger partial charge on any atom is 0.341 e. The minimum Gasteiger partial charge on any atom is -0.477 e. The highest BCUT2D eigenvalue weighted by atomic mass is 127. The maximum atomic E-state index is 11.7. The van der Waals surface area contributed by atoms with Gasteiger partial charge in [-0.05, 0) is 34.7 Å². The molecule has 16 heavy (non-hydrogen) atoms. The van der Waals surface area contributed by atoms with Crippen LogP contribution in [0.15, 0.2) is 23.1 Å². The molecule has 0 saturated carbocycles. The van der Waals surface area contributed by atoms with Crippen molar-refractivity contribution in [3.05, 3.63) is 37.8 Å². The van der Waals surface area contributed by atoms with Crippen LogP contribution in [0.3, 0.4) is 0 Å². The highest BCUT2D eigenvalue weighted by Crippen LogP contribution is 2.17. The van der Waals surface area contributed by atoms with Crippen LogP contribution in [-0.2, 0) is 7.05 Å². The number of halogens is 1. The van der Waals surface area contributed by atoms with Crippen LogP contribution in [0.2, 0.25) is 0 Å².